The summed E-state index contributed by atoms with van der Waals surface area (Å²) in [6.07, 6.45) is -1.10. The number of benzene rings is 1. The maximum absolute atomic E-state index is 12.6. The van der Waals surface area contributed by atoms with Gasteiger partial charge in [0.05, 0.1) is 12.1 Å². The van der Waals surface area contributed by atoms with Crippen LogP contribution in [0.4, 0.5) is 4.79 Å². The van der Waals surface area contributed by atoms with E-state index in [2.05, 4.69) is 0 Å². The highest BCUT2D eigenvalue weighted by atomic mass is 16.6. The van der Waals surface area contributed by atoms with Gasteiger partial charge in [0.2, 0.25) is 0 Å². The average Bonchev–Trinajstić information content (AvgIpc) is 2.59. The molecule has 0 spiro atoms. The van der Waals surface area contributed by atoms with Gasteiger partial charge >= 0.3 is 12.1 Å². The monoisotopic (exact) mass is 420 g/mol. The topological polar surface area (TPSA) is 76.2 Å². The van der Waals surface area contributed by atoms with E-state index in [0.29, 0.717) is 18.0 Å². The zero-order valence-corrected chi connectivity index (χ0v) is 19.7. The molecule has 0 bridgehead atoms. The summed E-state index contributed by atoms with van der Waals surface area (Å²) in [5.41, 5.74) is -0.555. The van der Waals surface area contributed by atoms with Crippen molar-refractivity contribution in [3.8, 4) is 5.75 Å². The van der Waals surface area contributed by atoms with Gasteiger partial charge in [-0.2, -0.15) is 0 Å². The van der Waals surface area contributed by atoms with E-state index in [1.165, 1.54) is 4.90 Å². The fraction of sp³-hybridized carbons (Fsp3) is 0.609. The molecule has 7 heteroatoms. The minimum atomic E-state index is -0.704. The van der Waals surface area contributed by atoms with E-state index in [1.54, 1.807) is 52.1 Å². The van der Waals surface area contributed by atoms with Gasteiger partial charge in [0, 0.05) is 18.9 Å². The van der Waals surface area contributed by atoms with Crippen molar-refractivity contribution in [2.24, 2.45) is 10.8 Å². The number of ether oxygens (including phenoxy) is 2. The molecule has 7 nitrogen and oxygen atoms in total. The Morgan fingerprint density at radius 2 is 1.43 bits per heavy atom. The predicted molar refractivity (Wildman–Crippen MR) is 116 cm³/mol. The number of carbonyl (C=O) groups excluding carboxylic acids is 3. The van der Waals surface area contributed by atoms with Gasteiger partial charge in [0.15, 0.2) is 0 Å². The molecule has 0 fully saturated rings. The Morgan fingerprint density at radius 1 is 0.900 bits per heavy atom. The van der Waals surface area contributed by atoms with Crippen LogP contribution >= 0.6 is 0 Å². The molecular weight excluding hydrogens is 384 g/mol. The summed E-state index contributed by atoms with van der Waals surface area (Å²) in [6, 6.07) is 6.70. The molecule has 0 aliphatic rings. The molecule has 1 amide bonds. The predicted octanol–water partition coefficient (Wildman–Crippen LogP) is 4.27. The molecule has 0 aromatic heterocycles. The molecule has 0 saturated carbocycles. The number of carbonyl (C=O) groups is 3. The van der Waals surface area contributed by atoms with Gasteiger partial charge in [-0.05, 0) is 52.6 Å². The highest BCUT2D eigenvalue weighted by Gasteiger charge is 2.31. The number of nitrogens with zero attached hydrogens (tertiary/aromatic N) is 2. The summed E-state index contributed by atoms with van der Waals surface area (Å²) < 4.78 is 11.1. The maximum atomic E-state index is 12.6. The lowest BCUT2D eigenvalue weighted by molar-refractivity contribution is -0.160. The van der Waals surface area contributed by atoms with Gasteiger partial charge in [0.1, 0.15) is 17.6 Å². The third-order valence-corrected chi connectivity index (χ3v) is 4.33. The largest absolute Gasteiger partial charge is 0.457 e. The van der Waals surface area contributed by atoms with Crippen LogP contribution in [0.5, 0.6) is 5.75 Å². The van der Waals surface area contributed by atoms with Gasteiger partial charge in [-0.25, -0.2) is 4.79 Å². The summed E-state index contributed by atoms with van der Waals surface area (Å²) in [5.74, 6) is -0.0116. The van der Waals surface area contributed by atoms with E-state index < -0.39 is 23.0 Å². The normalized spacial score (nSPS) is 13.0. The highest BCUT2D eigenvalue weighted by Crippen LogP contribution is 2.31. The number of hydrogen-bond donors (Lipinski definition) is 0. The Kier molecular flexibility index (Phi) is 8.60. The molecule has 0 N–H and O–H groups in total. The molecule has 0 heterocycles. The van der Waals surface area contributed by atoms with Crippen LogP contribution in [0, 0.1) is 10.8 Å². The van der Waals surface area contributed by atoms with Crippen molar-refractivity contribution in [3.05, 3.63) is 29.8 Å². The lowest BCUT2D eigenvalue weighted by Crippen LogP contribution is -2.37. The van der Waals surface area contributed by atoms with Gasteiger partial charge in [-0.3, -0.25) is 19.4 Å². The van der Waals surface area contributed by atoms with E-state index in [0.717, 1.165) is 0 Å². The minimum absolute atomic E-state index is 0.00461. The lowest BCUT2D eigenvalue weighted by atomic mass is 9.86. The Balaban J connectivity index is 3.00. The molecule has 0 aliphatic carbocycles. The van der Waals surface area contributed by atoms with Crippen molar-refractivity contribution in [1.82, 2.24) is 9.80 Å². The Bertz CT molecular complexity index is 714. The van der Waals surface area contributed by atoms with Crippen LogP contribution in [0.2, 0.25) is 0 Å². The summed E-state index contributed by atoms with van der Waals surface area (Å²) in [6.45, 7) is 11.2. The summed E-state index contributed by atoms with van der Waals surface area (Å²) in [5, 5.41) is 0. The van der Waals surface area contributed by atoms with Crippen molar-refractivity contribution in [2.75, 3.05) is 27.8 Å². The first-order chi connectivity index (χ1) is 13.6. The number of Topliss-reactive ketones (excluding diaryl/α,β-unsaturated/α-hetero) is 1. The minimum Gasteiger partial charge on any atom is -0.457 e. The van der Waals surface area contributed by atoms with Crippen LogP contribution in [0.3, 0.4) is 0 Å². The first kappa shape index (κ1) is 25.6. The van der Waals surface area contributed by atoms with E-state index in [4.69, 9.17) is 9.47 Å². The number of rotatable bonds is 7. The zero-order valence-electron chi connectivity index (χ0n) is 19.7. The van der Waals surface area contributed by atoms with E-state index in [-0.39, 0.29) is 18.2 Å². The van der Waals surface area contributed by atoms with Gasteiger partial charge in [-0.1, -0.05) is 32.9 Å². The third kappa shape index (κ3) is 8.14. The van der Waals surface area contributed by atoms with Crippen LogP contribution in [0.15, 0.2) is 24.3 Å². The lowest BCUT2D eigenvalue weighted by Gasteiger charge is -2.26. The number of amides is 1. The highest BCUT2D eigenvalue weighted by molar-refractivity contribution is 5.84. The second-order valence-electron chi connectivity index (χ2n) is 9.88. The molecule has 30 heavy (non-hydrogen) atoms. The van der Waals surface area contributed by atoms with Crippen LogP contribution in [0.1, 0.15) is 59.6 Å². The third-order valence-electron chi connectivity index (χ3n) is 4.33. The van der Waals surface area contributed by atoms with Gasteiger partial charge in [0.25, 0.3) is 0 Å². The molecule has 1 unspecified atom stereocenters. The molecule has 1 rings (SSSR count). The Hall–Kier alpha value is -2.41. The van der Waals surface area contributed by atoms with Crippen LogP contribution in [-0.4, -0.2) is 55.5 Å². The van der Waals surface area contributed by atoms with Crippen molar-refractivity contribution < 1.29 is 23.9 Å². The standard InChI is InChI=1S/C23H36N2O5/c1-22(2,3)19(26)14-18(30-20(27)23(4,5)6)16-10-12-17(13-11-16)29-21(28)25(9)15-24(7)8/h10-13,18H,14-15H2,1-9H3. The molecule has 1 aromatic rings. The smallest absolute Gasteiger partial charge is 0.416 e. The average molecular weight is 421 g/mol. The Morgan fingerprint density at radius 3 is 1.87 bits per heavy atom. The molecule has 0 saturated heterocycles. The van der Waals surface area contributed by atoms with Crippen LogP contribution in [0.25, 0.3) is 0 Å². The first-order valence-electron chi connectivity index (χ1n) is 10.0. The van der Waals surface area contributed by atoms with Crippen LogP contribution in [-0.2, 0) is 14.3 Å². The number of ketones is 1. The number of esters is 1. The molecule has 0 aliphatic heterocycles. The van der Waals surface area contributed by atoms with Crippen molar-refractivity contribution in [2.45, 2.75) is 54.1 Å². The quantitative estimate of drug-likeness (QED) is 0.484. The molecule has 168 valence electrons. The number of hydrogen-bond acceptors (Lipinski definition) is 6. The van der Waals surface area contributed by atoms with Crippen LogP contribution < -0.4 is 4.74 Å². The SMILES string of the molecule is CN(C)CN(C)C(=O)Oc1ccc(C(CC(=O)C(C)(C)C)OC(=O)C(C)(C)C)cc1. The maximum Gasteiger partial charge on any atom is 0.416 e. The van der Waals surface area contributed by atoms with Gasteiger partial charge < -0.3 is 9.47 Å². The molecule has 0 radical (unpaired) electrons. The van der Waals surface area contributed by atoms with E-state index in [9.17, 15) is 14.4 Å². The van der Waals surface area contributed by atoms with Gasteiger partial charge in [-0.15, -0.1) is 0 Å². The second-order valence-corrected chi connectivity index (χ2v) is 9.88. The van der Waals surface area contributed by atoms with Crippen molar-refractivity contribution >= 4 is 17.8 Å². The Labute approximate surface area is 180 Å². The molecule has 1 aromatic carbocycles. The van der Waals surface area contributed by atoms with Crippen molar-refractivity contribution in [3.63, 3.8) is 0 Å². The summed E-state index contributed by atoms with van der Waals surface area (Å²) >= 11 is 0. The first-order valence-corrected chi connectivity index (χ1v) is 10.0. The fourth-order valence-corrected chi connectivity index (χ4v) is 2.42. The summed E-state index contributed by atoms with van der Waals surface area (Å²) in [4.78, 5) is 40.5. The zero-order chi connectivity index (χ0) is 23.3. The molecule has 1 atom stereocenters. The van der Waals surface area contributed by atoms with E-state index >= 15 is 0 Å². The molecular formula is C23H36N2O5. The fourth-order valence-electron chi connectivity index (χ4n) is 2.42. The van der Waals surface area contributed by atoms with E-state index in [1.807, 2.05) is 39.8 Å². The van der Waals surface area contributed by atoms with Crippen molar-refractivity contribution in [1.29, 1.82) is 0 Å². The summed E-state index contributed by atoms with van der Waals surface area (Å²) in [7, 11) is 5.36. The second kappa shape index (κ2) is 10.1.